The number of aryl methyl sites for hydroxylation is 1. The third kappa shape index (κ3) is 6.37. The molecule has 2 aromatic carbocycles. The monoisotopic (exact) mass is 707 g/mol. The average Bonchev–Trinajstić information content (AvgIpc) is 3.42. The molecule has 0 bridgehead atoms. The Morgan fingerprint density at radius 3 is 2.48 bits per heavy atom. The molecular formula is C36H34BrN7O4. The van der Waals surface area contributed by atoms with Gasteiger partial charge < -0.3 is 15.0 Å². The maximum Gasteiger partial charge on any atom is 0.248 e. The smallest absolute Gasteiger partial charge is 0.248 e. The number of hydrogen-bond donors (Lipinski definition) is 1. The van der Waals surface area contributed by atoms with Crippen LogP contribution >= 0.6 is 15.9 Å². The number of halogens is 1. The molecular weight excluding hydrogens is 674 g/mol. The van der Waals surface area contributed by atoms with Crippen LogP contribution in [0.3, 0.4) is 0 Å². The van der Waals surface area contributed by atoms with Crippen LogP contribution in [0.1, 0.15) is 54.1 Å². The first kappa shape index (κ1) is 31.8. The predicted molar refractivity (Wildman–Crippen MR) is 183 cm³/mol. The standard InChI is InChI=1S/C36H34BrN7O4/c1-21(45)34-27-13-25(26-16-38-22(2)39-17-26)9-10-28(27)43(42-34)18-33(46)44-29(14-36(3)15-30(36)44)35(47)41-32-12-24(11-31(37)40-32)20-48-19-23-7-5-4-6-8-23/h4-13,16-17,29-30H,14-15,18-20H2,1-3H3,(H,40,41,47)/t29-,30?,36-/m0/s1. The Hall–Kier alpha value is -4.81. The van der Waals surface area contributed by atoms with Crippen molar-refractivity contribution in [1.29, 1.82) is 0 Å². The minimum atomic E-state index is -0.665. The van der Waals surface area contributed by atoms with Crippen LogP contribution in [0.4, 0.5) is 5.82 Å². The van der Waals surface area contributed by atoms with Gasteiger partial charge in [-0.3, -0.25) is 19.1 Å². The summed E-state index contributed by atoms with van der Waals surface area (Å²) in [4.78, 5) is 55.1. The molecule has 1 aliphatic heterocycles. The zero-order chi connectivity index (χ0) is 33.6. The zero-order valence-corrected chi connectivity index (χ0v) is 28.4. The molecule has 7 rings (SSSR count). The van der Waals surface area contributed by atoms with Crippen molar-refractivity contribution >= 4 is 50.2 Å². The summed E-state index contributed by atoms with van der Waals surface area (Å²) in [7, 11) is 0. The number of nitrogens with one attached hydrogen (secondary N) is 1. The highest BCUT2D eigenvalue weighted by atomic mass is 79.9. The van der Waals surface area contributed by atoms with Gasteiger partial charge in [0.15, 0.2) is 5.78 Å². The van der Waals surface area contributed by atoms with Crippen molar-refractivity contribution in [3.8, 4) is 11.1 Å². The fourth-order valence-corrected chi connectivity index (χ4v) is 7.10. The minimum Gasteiger partial charge on any atom is -0.372 e. The van der Waals surface area contributed by atoms with E-state index < -0.39 is 6.04 Å². The Morgan fingerprint density at radius 2 is 1.73 bits per heavy atom. The number of carbonyl (C=O) groups is 3. The number of nitrogens with zero attached hydrogens (tertiary/aromatic N) is 6. The number of rotatable bonds is 10. The fourth-order valence-electron chi connectivity index (χ4n) is 6.62. The third-order valence-corrected chi connectivity index (χ3v) is 9.60. The highest BCUT2D eigenvalue weighted by Crippen LogP contribution is 2.59. The fraction of sp³-hybridized carbons (Fsp3) is 0.306. The molecule has 2 aliphatic rings. The average molecular weight is 709 g/mol. The Kier molecular flexibility index (Phi) is 8.38. The number of anilines is 1. The van der Waals surface area contributed by atoms with Crippen molar-refractivity contribution in [3.63, 3.8) is 0 Å². The van der Waals surface area contributed by atoms with Crippen molar-refractivity contribution in [2.24, 2.45) is 5.41 Å². The number of fused-ring (bicyclic) bond motifs is 2. The Balaban J connectivity index is 1.08. The molecule has 48 heavy (non-hydrogen) atoms. The molecule has 1 aliphatic carbocycles. The number of ether oxygens (including phenoxy) is 1. The van der Waals surface area contributed by atoms with Crippen LogP contribution in [-0.4, -0.2) is 59.3 Å². The van der Waals surface area contributed by atoms with E-state index in [4.69, 9.17) is 4.74 Å². The first-order chi connectivity index (χ1) is 23.1. The molecule has 1 unspecified atom stereocenters. The van der Waals surface area contributed by atoms with Gasteiger partial charge in [-0.1, -0.05) is 43.3 Å². The van der Waals surface area contributed by atoms with E-state index in [-0.39, 0.29) is 41.3 Å². The van der Waals surface area contributed by atoms with Crippen LogP contribution in [0.15, 0.2) is 77.7 Å². The molecule has 11 nitrogen and oxygen atoms in total. The lowest BCUT2D eigenvalue weighted by molar-refractivity contribution is -0.138. The lowest BCUT2D eigenvalue weighted by atomic mass is 10.0. The van der Waals surface area contributed by atoms with Crippen molar-refractivity contribution < 1.29 is 19.1 Å². The summed E-state index contributed by atoms with van der Waals surface area (Å²) in [6.45, 7) is 6.09. The van der Waals surface area contributed by atoms with E-state index in [0.717, 1.165) is 28.7 Å². The lowest BCUT2D eigenvalue weighted by Gasteiger charge is -2.27. The Morgan fingerprint density at radius 1 is 0.979 bits per heavy atom. The number of ketones is 1. The maximum absolute atomic E-state index is 14.0. The number of likely N-dealkylation sites (tertiary alicyclic amines) is 1. The summed E-state index contributed by atoms with van der Waals surface area (Å²) in [5.74, 6) is 0.318. The van der Waals surface area contributed by atoms with Gasteiger partial charge in [-0.05, 0) is 82.1 Å². The molecule has 0 spiro atoms. The van der Waals surface area contributed by atoms with E-state index in [1.165, 1.54) is 6.92 Å². The number of piperidine rings is 1. The summed E-state index contributed by atoms with van der Waals surface area (Å²) in [6.07, 6.45) is 4.86. The van der Waals surface area contributed by atoms with Crippen LogP contribution in [0.2, 0.25) is 0 Å². The number of benzene rings is 2. The second kappa shape index (κ2) is 12.7. The Bertz CT molecular complexity index is 2050. The Labute approximate surface area is 285 Å². The van der Waals surface area contributed by atoms with Crippen molar-refractivity contribution in [2.75, 3.05) is 5.32 Å². The van der Waals surface area contributed by atoms with Crippen LogP contribution in [0, 0.1) is 12.3 Å². The molecule has 244 valence electrons. The molecule has 12 heteroatoms. The number of Topliss-reactive ketones (excluding diaryl/α,β-unsaturated/α-hetero) is 1. The molecule has 1 saturated carbocycles. The van der Waals surface area contributed by atoms with Crippen LogP contribution in [0.5, 0.6) is 0 Å². The van der Waals surface area contributed by atoms with Crippen molar-refractivity contribution in [3.05, 3.63) is 100 Å². The van der Waals surface area contributed by atoms with E-state index in [2.05, 4.69) is 48.2 Å². The van der Waals surface area contributed by atoms with E-state index in [9.17, 15) is 14.4 Å². The topological polar surface area (TPSA) is 132 Å². The number of aromatic nitrogens is 5. The molecule has 1 N–H and O–H groups in total. The summed E-state index contributed by atoms with van der Waals surface area (Å²) in [6, 6.07) is 18.5. The van der Waals surface area contributed by atoms with Gasteiger partial charge in [0.1, 0.15) is 34.5 Å². The first-order valence-electron chi connectivity index (χ1n) is 15.8. The summed E-state index contributed by atoms with van der Waals surface area (Å²) in [5.41, 5.74) is 4.38. The van der Waals surface area contributed by atoms with E-state index in [1.807, 2.05) is 61.5 Å². The van der Waals surface area contributed by atoms with E-state index in [0.29, 0.717) is 46.8 Å². The van der Waals surface area contributed by atoms with Crippen LogP contribution in [-0.2, 0) is 34.1 Å². The van der Waals surface area contributed by atoms with E-state index in [1.54, 1.807) is 28.0 Å². The predicted octanol–water partition coefficient (Wildman–Crippen LogP) is 5.90. The number of pyridine rings is 1. The number of carbonyl (C=O) groups excluding carboxylic acids is 3. The van der Waals surface area contributed by atoms with Gasteiger partial charge in [-0.2, -0.15) is 5.10 Å². The molecule has 3 aromatic heterocycles. The molecule has 2 amide bonds. The highest BCUT2D eigenvalue weighted by molar-refractivity contribution is 9.10. The van der Waals surface area contributed by atoms with Gasteiger partial charge in [-0.15, -0.1) is 0 Å². The third-order valence-electron chi connectivity index (χ3n) is 9.19. The maximum atomic E-state index is 14.0. The van der Waals surface area contributed by atoms with Gasteiger partial charge in [0, 0.05) is 36.3 Å². The first-order valence-corrected chi connectivity index (χ1v) is 16.6. The van der Waals surface area contributed by atoms with Gasteiger partial charge in [0.05, 0.1) is 18.7 Å². The SMILES string of the molecule is CC(=O)c1nn(CC(=O)N2C3C[C@]3(C)C[C@H]2C(=O)Nc2cc(COCc3ccccc3)cc(Br)n2)c2ccc(-c3cnc(C)nc3)cc12. The molecule has 2 fully saturated rings. The highest BCUT2D eigenvalue weighted by Gasteiger charge is 2.64. The second-order valence-electron chi connectivity index (χ2n) is 12.9. The second-order valence-corrected chi connectivity index (χ2v) is 13.7. The zero-order valence-electron chi connectivity index (χ0n) is 26.8. The van der Waals surface area contributed by atoms with E-state index >= 15 is 0 Å². The number of amides is 2. The number of hydrogen-bond acceptors (Lipinski definition) is 8. The van der Waals surface area contributed by atoms with Crippen LogP contribution in [0.25, 0.3) is 22.0 Å². The molecule has 1 saturated heterocycles. The lowest BCUT2D eigenvalue weighted by Crippen LogP contribution is -2.46. The molecule has 0 radical (unpaired) electrons. The minimum absolute atomic E-state index is 0.0413. The van der Waals surface area contributed by atoms with Gasteiger partial charge in [0.25, 0.3) is 0 Å². The van der Waals surface area contributed by atoms with Gasteiger partial charge in [0.2, 0.25) is 11.8 Å². The van der Waals surface area contributed by atoms with Crippen LogP contribution < -0.4 is 5.32 Å². The molecule has 5 aromatic rings. The quantitative estimate of drug-likeness (QED) is 0.140. The summed E-state index contributed by atoms with van der Waals surface area (Å²) < 4.78 is 8.02. The summed E-state index contributed by atoms with van der Waals surface area (Å²) in [5, 5.41) is 8.16. The van der Waals surface area contributed by atoms with Crippen molar-refractivity contribution in [2.45, 2.75) is 65.5 Å². The normalized spacial score (nSPS) is 19.7. The van der Waals surface area contributed by atoms with Gasteiger partial charge >= 0.3 is 0 Å². The largest absolute Gasteiger partial charge is 0.372 e. The summed E-state index contributed by atoms with van der Waals surface area (Å²) >= 11 is 3.45. The van der Waals surface area contributed by atoms with Gasteiger partial charge in [-0.25, -0.2) is 15.0 Å². The molecule has 4 heterocycles. The van der Waals surface area contributed by atoms with Crippen molar-refractivity contribution in [1.82, 2.24) is 29.6 Å². The molecule has 3 atom stereocenters.